The molecule has 0 aliphatic carbocycles. The predicted molar refractivity (Wildman–Crippen MR) is 70.1 cm³/mol. The minimum Gasteiger partial charge on any atom is -0.428 e. The molecular formula is C14H17NO5. The minimum absolute atomic E-state index is 0.0237. The third-order valence-corrected chi connectivity index (χ3v) is 2.37. The number of rotatable bonds is 3. The summed E-state index contributed by atoms with van der Waals surface area (Å²) in [5.41, 5.74) is 0.786. The molecular weight excluding hydrogens is 262 g/mol. The van der Waals surface area contributed by atoms with Crippen molar-refractivity contribution in [3.05, 3.63) is 35.9 Å². The van der Waals surface area contributed by atoms with E-state index in [1.807, 2.05) is 19.9 Å². The van der Waals surface area contributed by atoms with Gasteiger partial charge in [0.1, 0.15) is 6.61 Å². The largest absolute Gasteiger partial charge is 0.534 e. The summed E-state index contributed by atoms with van der Waals surface area (Å²) < 4.78 is 4.78. The number of carbonyl (C=O) groups is 3. The molecule has 1 fully saturated rings. The van der Waals surface area contributed by atoms with Crippen LogP contribution in [0.3, 0.4) is 0 Å². The van der Waals surface area contributed by atoms with Gasteiger partial charge in [0, 0.05) is 12.8 Å². The average molecular weight is 279 g/mol. The maximum absolute atomic E-state index is 11.3. The molecule has 2 amide bonds. The van der Waals surface area contributed by atoms with Gasteiger partial charge in [-0.3, -0.25) is 14.4 Å². The van der Waals surface area contributed by atoms with Crippen molar-refractivity contribution in [1.29, 1.82) is 0 Å². The van der Waals surface area contributed by atoms with Gasteiger partial charge in [0.15, 0.2) is 0 Å². The van der Waals surface area contributed by atoms with Crippen LogP contribution in [0.15, 0.2) is 30.3 Å². The highest BCUT2D eigenvalue weighted by atomic mass is 16.8. The first kappa shape index (κ1) is 15.7. The van der Waals surface area contributed by atoms with Crippen LogP contribution >= 0.6 is 0 Å². The summed E-state index contributed by atoms with van der Waals surface area (Å²) in [5.74, 6) is -1.06. The van der Waals surface area contributed by atoms with Crippen molar-refractivity contribution < 1.29 is 24.0 Å². The second-order valence-electron chi connectivity index (χ2n) is 3.70. The lowest BCUT2D eigenvalue weighted by atomic mass is 10.2. The van der Waals surface area contributed by atoms with Crippen LogP contribution in [0.1, 0.15) is 32.3 Å². The van der Waals surface area contributed by atoms with Crippen molar-refractivity contribution in [3.8, 4) is 0 Å². The van der Waals surface area contributed by atoms with Gasteiger partial charge < -0.3 is 4.74 Å². The number of nitrogens with zero attached hydrogens (tertiary/aromatic N) is 1. The van der Waals surface area contributed by atoms with Crippen LogP contribution in [0.2, 0.25) is 0 Å². The first-order valence-electron chi connectivity index (χ1n) is 6.41. The third-order valence-electron chi connectivity index (χ3n) is 2.37. The first-order valence-corrected chi connectivity index (χ1v) is 6.41. The van der Waals surface area contributed by atoms with Crippen molar-refractivity contribution in [2.45, 2.75) is 33.3 Å². The van der Waals surface area contributed by atoms with E-state index in [0.29, 0.717) is 5.06 Å². The molecule has 0 unspecified atom stereocenters. The van der Waals surface area contributed by atoms with E-state index in [0.717, 1.165) is 5.56 Å². The molecule has 108 valence electrons. The zero-order valence-electron chi connectivity index (χ0n) is 11.5. The number of carbonyl (C=O) groups excluding carboxylic acids is 3. The highest BCUT2D eigenvalue weighted by Crippen LogP contribution is 2.13. The van der Waals surface area contributed by atoms with Crippen LogP contribution in [0.25, 0.3) is 0 Å². The highest BCUT2D eigenvalue weighted by Gasteiger charge is 2.33. The number of hydroxylamine groups is 2. The second-order valence-corrected chi connectivity index (χ2v) is 3.70. The number of hydrogen-bond donors (Lipinski definition) is 0. The number of benzene rings is 1. The van der Waals surface area contributed by atoms with E-state index in [4.69, 9.17) is 4.74 Å². The molecule has 1 aromatic carbocycles. The summed E-state index contributed by atoms with van der Waals surface area (Å²) in [6.07, 6.45) is -0.947. The van der Waals surface area contributed by atoms with Gasteiger partial charge in [-0.25, -0.2) is 4.79 Å². The Kier molecular flexibility index (Phi) is 6.22. The van der Waals surface area contributed by atoms with Gasteiger partial charge >= 0.3 is 6.16 Å². The molecule has 1 aliphatic heterocycles. The standard InChI is InChI=1S/C12H11NO5.C2H6/c14-10-6-7-11(15)13(10)18-12(16)17-8-9-4-2-1-3-5-9;1-2/h1-5H,6-8H2;1-2H3. The summed E-state index contributed by atoms with van der Waals surface area (Å²) >= 11 is 0. The summed E-state index contributed by atoms with van der Waals surface area (Å²) in [6.45, 7) is 4.02. The fourth-order valence-corrected chi connectivity index (χ4v) is 1.48. The van der Waals surface area contributed by atoms with Crippen LogP contribution in [0.5, 0.6) is 0 Å². The van der Waals surface area contributed by atoms with Crippen molar-refractivity contribution in [3.63, 3.8) is 0 Å². The SMILES string of the molecule is CC.O=C(OCc1ccccc1)ON1C(=O)CCC1=O. The number of hydrogen-bond acceptors (Lipinski definition) is 5. The molecule has 0 N–H and O–H groups in total. The first-order chi connectivity index (χ1) is 9.66. The van der Waals surface area contributed by atoms with Crippen molar-refractivity contribution >= 4 is 18.0 Å². The zero-order chi connectivity index (χ0) is 15.0. The third kappa shape index (κ3) is 4.38. The molecule has 0 spiro atoms. The quantitative estimate of drug-likeness (QED) is 0.627. The number of amides is 2. The molecule has 1 saturated heterocycles. The van der Waals surface area contributed by atoms with Gasteiger partial charge in [-0.1, -0.05) is 49.2 Å². The molecule has 1 heterocycles. The Morgan fingerprint density at radius 3 is 2.20 bits per heavy atom. The van der Waals surface area contributed by atoms with Crippen LogP contribution < -0.4 is 0 Å². The van der Waals surface area contributed by atoms with E-state index < -0.39 is 18.0 Å². The molecule has 20 heavy (non-hydrogen) atoms. The lowest BCUT2D eigenvalue weighted by Gasteiger charge is -2.12. The number of ether oxygens (including phenoxy) is 1. The number of imide groups is 1. The molecule has 6 heteroatoms. The van der Waals surface area contributed by atoms with Gasteiger partial charge in [-0.2, -0.15) is 0 Å². The second kappa shape index (κ2) is 7.93. The van der Waals surface area contributed by atoms with Crippen LogP contribution in [-0.2, 0) is 25.8 Å². The molecule has 2 rings (SSSR count). The normalized spacial score (nSPS) is 13.6. The van der Waals surface area contributed by atoms with Gasteiger partial charge in [-0.15, -0.1) is 0 Å². The minimum atomic E-state index is -1.07. The van der Waals surface area contributed by atoms with Gasteiger partial charge in [0.2, 0.25) is 0 Å². The Morgan fingerprint density at radius 1 is 1.10 bits per heavy atom. The molecule has 0 bridgehead atoms. The summed E-state index contributed by atoms with van der Waals surface area (Å²) in [4.78, 5) is 38.1. The molecule has 0 saturated carbocycles. The van der Waals surface area contributed by atoms with Gasteiger partial charge in [0.25, 0.3) is 11.8 Å². The van der Waals surface area contributed by atoms with Crippen LogP contribution in [0.4, 0.5) is 4.79 Å². The molecule has 1 aromatic rings. The Labute approximate surface area is 117 Å². The van der Waals surface area contributed by atoms with E-state index in [-0.39, 0.29) is 19.4 Å². The fourth-order valence-electron chi connectivity index (χ4n) is 1.48. The van der Waals surface area contributed by atoms with E-state index in [1.165, 1.54) is 0 Å². The Morgan fingerprint density at radius 2 is 1.65 bits per heavy atom. The smallest absolute Gasteiger partial charge is 0.428 e. The van der Waals surface area contributed by atoms with Gasteiger partial charge in [0.05, 0.1) is 0 Å². The van der Waals surface area contributed by atoms with Crippen LogP contribution in [0, 0.1) is 0 Å². The summed E-state index contributed by atoms with van der Waals surface area (Å²) in [5, 5.41) is 0.452. The van der Waals surface area contributed by atoms with Gasteiger partial charge in [-0.05, 0) is 5.56 Å². The lowest BCUT2D eigenvalue weighted by molar-refractivity contribution is -0.177. The molecule has 0 aromatic heterocycles. The molecule has 0 atom stereocenters. The van der Waals surface area contributed by atoms with E-state index in [1.54, 1.807) is 24.3 Å². The average Bonchev–Trinajstić information content (AvgIpc) is 2.80. The van der Waals surface area contributed by atoms with E-state index in [9.17, 15) is 14.4 Å². The topological polar surface area (TPSA) is 72.9 Å². The Balaban J connectivity index is 0.000000956. The fraction of sp³-hybridized carbons (Fsp3) is 0.357. The van der Waals surface area contributed by atoms with E-state index >= 15 is 0 Å². The van der Waals surface area contributed by atoms with Crippen molar-refractivity contribution in [2.24, 2.45) is 0 Å². The van der Waals surface area contributed by atoms with Crippen molar-refractivity contribution in [1.82, 2.24) is 5.06 Å². The molecule has 0 radical (unpaired) electrons. The van der Waals surface area contributed by atoms with E-state index in [2.05, 4.69) is 4.84 Å². The summed E-state index contributed by atoms with van der Waals surface area (Å²) in [6, 6.07) is 9.00. The Bertz CT molecular complexity index is 456. The lowest BCUT2D eigenvalue weighted by Crippen LogP contribution is -2.32. The van der Waals surface area contributed by atoms with Crippen LogP contribution in [-0.4, -0.2) is 23.0 Å². The monoisotopic (exact) mass is 279 g/mol. The molecule has 1 aliphatic rings. The summed E-state index contributed by atoms with van der Waals surface area (Å²) in [7, 11) is 0. The predicted octanol–water partition coefficient (Wildman–Crippen LogP) is 2.43. The Hall–Kier alpha value is -2.37. The molecule has 6 nitrogen and oxygen atoms in total. The zero-order valence-corrected chi connectivity index (χ0v) is 11.5. The highest BCUT2D eigenvalue weighted by molar-refractivity contribution is 6.01. The maximum Gasteiger partial charge on any atom is 0.534 e. The van der Waals surface area contributed by atoms with Crippen molar-refractivity contribution in [2.75, 3.05) is 0 Å². The maximum atomic E-state index is 11.3.